The number of nitrogen functional groups attached to an aromatic ring is 1. The minimum Gasteiger partial charge on any atom is -0.487 e. The summed E-state index contributed by atoms with van der Waals surface area (Å²) in [6, 6.07) is 16.0. The topological polar surface area (TPSA) is 38.5 Å². The molecule has 0 bridgehead atoms. The van der Waals surface area contributed by atoms with E-state index >= 15 is 0 Å². The third-order valence-corrected chi connectivity index (χ3v) is 3.33. The lowest BCUT2D eigenvalue weighted by Crippen LogP contribution is -2.22. The molecule has 0 aliphatic carbocycles. The van der Waals surface area contributed by atoms with Crippen molar-refractivity contribution in [2.24, 2.45) is 0 Å². The molecule has 0 aliphatic rings. The quantitative estimate of drug-likeness (QED) is 0.813. The van der Waals surface area contributed by atoms with Crippen LogP contribution < -0.4 is 15.4 Å². The average molecular weight is 270 g/mol. The average Bonchev–Trinajstić information content (AvgIpc) is 2.49. The third kappa shape index (κ3) is 3.44. The van der Waals surface area contributed by atoms with Gasteiger partial charge in [0, 0.05) is 24.8 Å². The van der Waals surface area contributed by atoms with E-state index in [0.717, 1.165) is 35.8 Å². The second kappa shape index (κ2) is 6.85. The maximum Gasteiger partial charge on any atom is 0.145 e. The zero-order chi connectivity index (χ0) is 14.4. The predicted molar refractivity (Wildman–Crippen MR) is 85.2 cm³/mol. The Kier molecular flexibility index (Phi) is 4.88. The lowest BCUT2D eigenvalue weighted by atomic mass is 10.2. The first kappa shape index (κ1) is 14.3. The van der Waals surface area contributed by atoms with E-state index in [0.29, 0.717) is 6.61 Å². The van der Waals surface area contributed by atoms with E-state index in [1.54, 1.807) is 0 Å². The molecule has 3 heteroatoms. The summed E-state index contributed by atoms with van der Waals surface area (Å²) >= 11 is 0. The van der Waals surface area contributed by atoms with Crippen LogP contribution in [0.25, 0.3) is 0 Å². The third-order valence-electron chi connectivity index (χ3n) is 3.33. The van der Waals surface area contributed by atoms with Gasteiger partial charge in [-0.05, 0) is 31.5 Å². The molecular weight excluding hydrogens is 248 g/mol. The normalized spacial score (nSPS) is 10.3. The zero-order valence-corrected chi connectivity index (χ0v) is 12.2. The molecule has 0 unspecified atom stereocenters. The minimum atomic E-state index is 0.554. The van der Waals surface area contributed by atoms with Gasteiger partial charge in [0.05, 0.1) is 5.69 Å². The van der Waals surface area contributed by atoms with Crippen LogP contribution in [-0.2, 0) is 6.61 Å². The number of ether oxygens (including phenoxy) is 1. The second-order valence-electron chi connectivity index (χ2n) is 4.67. The van der Waals surface area contributed by atoms with E-state index in [4.69, 9.17) is 10.5 Å². The summed E-state index contributed by atoms with van der Waals surface area (Å²) in [7, 11) is 0. The van der Waals surface area contributed by atoms with Crippen LogP contribution in [0.3, 0.4) is 0 Å². The summed E-state index contributed by atoms with van der Waals surface area (Å²) in [5.41, 5.74) is 8.86. The van der Waals surface area contributed by atoms with E-state index in [1.807, 2.05) is 36.4 Å². The molecular formula is C17H22N2O. The van der Waals surface area contributed by atoms with Crippen molar-refractivity contribution in [2.45, 2.75) is 20.5 Å². The molecule has 2 rings (SSSR count). The highest BCUT2D eigenvalue weighted by atomic mass is 16.5. The van der Waals surface area contributed by atoms with Gasteiger partial charge in [0.25, 0.3) is 0 Å². The molecule has 0 aliphatic heterocycles. The van der Waals surface area contributed by atoms with Gasteiger partial charge in [-0.1, -0.05) is 30.3 Å². The van der Waals surface area contributed by atoms with Crippen molar-refractivity contribution in [3.63, 3.8) is 0 Å². The Balaban J connectivity index is 2.19. The Bertz CT molecular complexity index is 536. The van der Waals surface area contributed by atoms with Crippen LogP contribution in [0.15, 0.2) is 48.5 Å². The lowest BCUT2D eigenvalue weighted by molar-refractivity contribution is 0.307. The molecule has 106 valence electrons. The summed E-state index contributed by atoms with van der Waals surface area (Å²) in [6.45, 7) is 6.73. The fraction of sp³-hybridized carbons (Fsp3) is 0.294. The van der Waals surface area contributed by atoms with Crippen molar-refractivity contribution < 1.29 is 4.74 Å². The van der Waals surface area contributed by atoms with Gasteiger partial charge >= 0.3 is 0 Å². The molecule has 0 saturated carbocycles. The molecule has 2 aromatic carbocycles. The molecule has 0 radical (unpaired) electrons. The van der Waals surface area contributed by atoms with Crippen molar-refractivity contribution >= 4 is 11.4 Å². The van der Waals surface area contributed by atoms with E-state index in [2.05, 4.69) is 30.9 Å². The highest BCUT2D eigenvalue weighted by molar-refractivity contribution is 5.64. The van der Waals surface area contributed by atoms with Gasteiger partial charge in [0.1, 0.15) is 12.4 Å². The minimum absolute atomic E-state index is 0.554. The van der Waals surface area contributed by atoms with Gasteiger partial charge in [0.15, 0.2) is 0 Å². The summed E-state index contributed by atoms with van der Waals surface area (Å²) < 4.78 is 5.97. The molecule has 0 atom stereocenters. The van der Waals surface area contributed by atoms with E-state index in [9.17, 15) is 0 Å². The highest BCUT2D eigenvalue weighted by Crippen LogP contribution is 2.31. The maximum absolute atomic E-state index is 5.97. The van der Waals surface area contributed by atoms with Crippen molar-refractivity contribution in [2.75, 3.05) is 23.7 Å². The van der Waals surface area contributed by atoms with E-state index < -0.39 is 0 Å². The lowest BCUT2D eigenvalue weighted by Gasteiger charge is -2.24. The summed E-state index contributed by atoms with van der Waals surface area (Å²) in [6.07, 6.45) is 0. The largest absolute Gasteiger partial charge is 0.487 e. The van der Waals surface area contributed by atoms with E-state index in [-0.39, 0.29) is 0 Å². The maximum atomic E-state index is 5.97. The smallest absolute Gasteiger partial charge is 0.145 e. The highest BCUT2D eigenvalue weighted by Gasteiger charge is 2.10. The molecule has 0 amide bonds. The summed E-state index contributed by atoms with van der Waals surface area (Å²) in [5.74, 6) is 0.845. The van der Waals surface area contributed by atoms with Crippen LogP contribution in [0, 0.1) is 0 Å². The molecule has 3 nitrogen and oxygen atoms in total. The standard InChI is InChI=1S/C17H22N2O/c1-3-19(4-2)16-11-10-15(18)12-17(16)20-13-14-8-6-5-7-9-14/h5-12H,3-4,13,18H2,1-2H3. The first-order chi connectivity index (χ1) is 9.74. The van der Waals surface area contributed by atoms with Crippen LogP contribution in [-0.4, -0.2) is 13.1 Å². The zero-order valence-electron chi connectivity index (χ0n) is 12.2. The van der Waals surface area contributed by atoms with Crippen LogP contribution in [0.4, 0.5) is 11.4 Å². The molecule has 20 heavy (non-hydrogen) atoms. The van der Waals surface area contributed by atoms with Crippen LogP contribution in [0.5, 0.6) is 5.75 Å². The number of nitrogens with zero attached hydrogens (tertiary/aromatic N) is 1. The number of hydrogen-bond donors (Lipinski definition) is 1. The van der Waals surface area contributed by atoms with Crippen LogP contribution >= 0.6 is 0 Å². The molecule has 0 heterocycles. The monoisotopic (exact) mass is 270 g/mol. The number of hydrogen-bond acceptors (Lipinski definition) is 3. The van der Waals surface area contributed by atoms with E-state index in [1.165, 1.54) is 0 Å². The SMILES string of the molecule is CCN(CC)c1ccc(N)cc1OCc1ccccc1. The number of benzene rings is 2. The Morgan fingerprint density at radius 3 is 2.35 bits per heavy atom. The molecule has 2 aromatic rings. The Morgan fingerprint density at radius 2 is 1.70 bits per heavy atom. The van der Waals surface area contributed by atoms with Gasteiger partial charge in [0.2, 0.25) is 0 Å². The fourth-order valence-corrected chi connectivity index (χ4v) is 2.21. The van der Waals surface area contributed by atoms with Crippen LogP contribution in [0.1, 0.15) is 19.4 Å². The van der Waals surface area contributed by atoms with Gasteiger partial charge in [-0.3, -0.25) is 0 Å². The van der Waals surface area contributed by atoms with Crippen molar-refractivity contribution in [1.29, 1.82) is 0 Å². The number of anilines is 2. The van der Waals surface area contributed by atoms with Gasteiger partial charge in [-0.25, -0.2) is 0 Å². The Labute approximate surface area is 121 Å². The molecule has 0 spiro atoms. The summed E-state index contributed by atoms with van der Waals surface area (Å²) in [5, 5.41) is 0. The number of nitrogens with two attached hydrogens (primary N) is 1. The fourth-order valence-electron chi connectivity index (χ4n) is 2.21. The van der Waals surface area contributed by atoms with Crippen molar-refractivity contribution in [3.05, 3.63) is 54.1 Å². The Hall–Kier alpha value is -2.16. The second-order valence-corrected chi connectivity index (χ2v) is 4.67. The molecule has 0 fully saturated rings. The summed E-state index contributed by atoms with van der Waals surface area (Å²) in [4.78, 5) is 2.26. The van der Waals surface area contributed by atoms with Gasteiger partial charge in [-0.2, -0.15) is 0 Å². The number of rotatable bonds is 6. The van der Waals surface area contributed by atoms with Crippen molar-refractivity contribution in [3.8, 4) is 5.75 Å². The first-order valence-corrected chi connectivity index (χ1v) is 7.05. The molecule has 2 N–H and O–H groups in total. The molecule has 0 saturated heterocycles. The Morgan fingerprint density at radius 1 is 1.00 bits per heavy atom. The van der Waals surface area contributed by atoms with Gasteiger partial charge < -0.3 is 15.4 Å². The van der Waals surface area contributed by atoms with Crippen molar-refractivity contribution in [1.82, 2.24) is 0 Å². The van der Waals surface area contributed by atoms with Crippen LogP contribution in [0.2, 0.25) is 0 Å². The predicted octanol–water partition coefficient (Wildman–Crippen LogP) is 3.69. The van der Waals surface area contributed by atoms with Gasteiger partial charge in [-0.15, -0.1) is 0 Å². The first-order valence-electron chi connectivity index (χ1n) is 7.05. The molecule has 0 aromatic heterocycles.